The van der Waals surface area contributed by atoms with Gasteiger partial charge in [0.15, 0.2) is 0 Å². The number of hydrogen-bond donors (Lipinski definition) is 4. The fourth-order valence-corrected chi connectivity index (χ4v) is 3.92. The van der Waals surface area contributed by atoms with Crippen LogP contribution in [0.3, 0.4) is 0 Å². The van der Waals surface area contributed by atoms with E-state index in [9.17, 15) is 25.4 Å². The minimum atomic E-state index is -1.54. The Bertz CT molecular complexity index is 936. The van der Waals surface area contributed by atoms with Crippen molar-refractivity contribution in [1.29, 1.82) is 0 Å². The first-order chi connectivity index (χ1) is 15.8. The molecule has 2 aromatic rings. The highest BCUT2D eigenvalue weighted by Gasteiger charge is 2.44. The lowest BCUT2D eigenvalue weighted by atomic mass is 9.89. The minimum Gasteiger partial charge on any atom is -0.494 e. The average Bonchev–Trinajstić information content (AvgIpc) is 2.80. The summed E-state index contributed by atoms with van der Waals surface area (Å²) in [6.07, 6.45) is -7.56. The third kappa shape index (κ3) is 5.82. The van der Waals surface area contributed by atoms with Crippen molar-refractivity contribution >= 4 is 17.6 Å². The van der Waals surface area contributed by atoms with Crippen LogP contribution in [-0.4, -0.2) is 64.2 Å². The maximum absolute atomic E-state index is 11.1. The Morgan fingerprint density at radius 1 is 1.09 bits per heavy atom. The highest BCUT2D eigenvalue weighted by molar-refractivity contribution is 6.31. The topological polar surface area (TPSA) is 135 Å². The zero-order chi connectivity index (χ0) is 24.1. The van der Waals surface area contributed by atoms with Crippen molar-refractivity contribution in [2.45, 2.75) is 50.5 Å². The van der Waals surface area contributed by atoms with Crippen LogP contribution < -0.4 is 4.74 Å². The second-order valence-corrected chi connectivity index (χ2v) is 8.05. The van der Waals surface area contributed by atoms with Gasteiger partial charge in [-0.1, -0.05) is 29.8 Å². The number of halogens is 1. The summed E-state index contributed by atoms with van der Waals surface area (Å²) in [6.45, 7) is 3.29. The molecule has 180 valence electrons. The van der Waals surface area contributed by atoms with Gasteiger partial charge in [0.25, 0.3) is 0 Å². The molecule has 3 rings (SSSR count). The molecule has 0 saturated carbocycles. The van der Waals surface area contributed by atoms with Crippen molar-refractivity contribution in [2.75, 3.05) is 13.2 Å². The van der Waals surface area contributed by atoms with Gasteiger partial charge in [-0.3, -0.25) is 10.1 Å². The molecule has 1 unspecified atom stereocenters. The lowest BCUT2D eigenvalue weighted by Gasteiger charge is -2.40. The molecule has 2 aromatic carbocycles. The molecule has 1 aliphatic rings. The van der Waals surface area contributed by atoms with E-state index in [1.54, 1.807) is 42.5 Å². The molecule has 1 saturated heterocycles. The number of aliphatic hydroxyl groups is 3. The van der Waals surface area contributed by atoms with Gasteiger partial charge in [0.05, 0.1) is 6.61 Å². The fraction of sp³-hybridized carbons (Fsp3) is 0.435. The Labute approximate surface area is 196 Å². The smallest absolute Gasteiger partial charge is 0.302 e. The van der Waals surface area contributed by atoms with Crippen LogP contribution in [0.2, 0.25) is 5.02 Å². The van der Waals surface area contributed by atoms with Crippen LogP contribution in [-0.2, 0) is 19.2 Å². The zero-order valence-corrected chi connectivity index (χ0v) is 18.9. The molecule has 4 N–H and O–H groups in total. The minimum absolute atomic E-state index is 0.286. The number of carbonyl (C=O) groups is 1. The lowest BCUT2D eigenvalue weighted by Crippen LogP contribution is -2.55. The van der Waals surface area contributed by atoms with E-state index in [0.29, 0.717) is 29.0 Å². The maximum Gasteiger partial charge on any atom is 0.302 e. The summed E-state index contributed by atoms with van der Waals surface area (Å²) in [6, 6.07) is 11.6. The van der Waals surface area contributed by atoms with E-state index in [1.807, 2.05) is 6.92 Å². The quantitative estimate of drug-likeness (QED) is 0.254. The number of carbonyl (C=O) groups excluding carboxylic acids is 1. The summed E-state index contributed by atoms with van der Waals surface area (Å²) in [5, 5.41) is 41.0. The normalized spacial score (nSPS) is 26.0. The molecule has 6 atom stereocenters. The molecule has 1 heterocycles. The SMILES string of the molecule is CCOc1ccc(C(OO)c2cc([C@@H]3O[C@H](COC(C)=O)[C@@H](O)[C@H](O)[C@H]3O)ccc2Cl)cc1. The van der Waals surface area contributed by atoms with Gasteiger partial charge in [-0.05, 0) is 42.3 Å². The number of esters is 1. The third-order valence-electron chi connectivity index (χ3n) is 5.39. The summed E-state index contributed by atoms with van der Waals surface area (Å²) in [4.78, 5) is 15.9. The van der Waals surface area contributed by atoms with Gasteiger partial charge in [-0.2, -0.15) is 0 Å². The molecule has 1 aliphatic heterocycles. The molecule has 10 heteroatoms. The lowest BCUT2D eigenvalue weighted by molar-refractivity contribution is -0.270. The van der Waals surface area contributed by atoms with E-state index >= 15 is 0 Å². The molecule has 0 aromatic heterocycles. The second-order valence-electron chi connectivity index (χ2n) is 7.64. The first-order valence-electron chi connectivity index (χ1n) is 10.4. The molecule has 0 radical (unpaired) electrons. The van der Waals surface area contributed by atoms with E-state index in [1.165, 1.54) is 6.92 Å². The Morgan fingerprint density at radius 2 is 1.79 bits per heavy atom. The van der Waals surface area contributed by atoms with Gasteiger partial charge in [0.1, 0.15) is 49.0 Å². The molecule has 33 heavy (non-hydrogen) atoms. The van der Waals surface area contributed by atoms with Gasteiger partial charge in [0, 0.05) is 17.5 Å². The van der Waals surface area contributed by atoms with E-state index in [0.717, 1.165) is 0 Å². The second kappa shape index (κ2) is 11.3. The Hall–Kier alpha value is -2.24. The van der Waals surface area contributed by atoms with Crippen molar-refractivity contribution < 1.29 is 44.5 Å². The summed E-state index contributed by atoms with van der Waals surface area (Å²) < 4.78 is 16.1. The van der Waals surface area contributed by atoms with Crippen LogP contribution >= 0.6 is 11.6 Å². The number of benzene rings is 2. The highest BCUT2D eigenvalue weighted by atomic mass is 35.5. The molecule has 0 aliphatic carbocycles. The van der Waals surface area contributed by atoms with Crippen molar-refractivity contribution in [1.82, 2.24) is 0 Å². The predicted octanol–water partition coefficient (Wildman–Crippen LogP) is 2.40. The van der Waals surface area contributed by atoms with Crippen LogP contribution in [0.4, 0.5) is 0 Å². The molecule has 1 fully saturated rings. The van der Waals surface area contributed by atoms with Crippen LogP contribution in [0.25, 0.3) is 0 Å². The predicted molar refractivity (Wildman–Crippen MR) is 117 cm³/mol. The van der Waals surface area contributed by atoms with Gasteiger partial charge < -0.3 is 29.5 Å². The molecular weight excluding hydrogens is 456 g/mol. The Balaban J connectivity index is 1.90. The van der Waals surface area contributed by atoms with E-state index < -0.39 is 42.6 Å². The van der Waals surface area contributed by atoms with E-state index in [-0.39, 0.29) is 11.6 Å². The molecular formula is C23H27ClO9. The summed E-state index contributed by atoms with van der Waals surface area (Å²) in [7, 11) is 0. The summed E-state index contributed by atoms with van der Waals surface area (Å²) in [5.74, 6) is 0.0814. The van der Waals surface area contributed by atoms with Crippen molar-refractivity contribution in [3.8, 4) is 5.75 Å². The maximum atomic E-state index is 11.1. The Kier molecular flexibility index (Phi) is 8.66. The molecule has 9 nitrogen and oxygen atoms in total. The Morgan fingerprint density at radius 3 is 2.39 bits per heavy atom. The van der Waals surface area contributed by atoms with Crippen LogP contribution in [0.1, 0.15) is 42.7 Å². The zero-order valence-electron chi connectivity index (χ0n) is 18.1. The monoisotopic (exact) mass is 482 g/mol. The van der Waals surface area contributed by atoms with Crippen LogP contribution in [0, 0.1) is 0 Å². The first-order valence-corrected chi connectivity index (χ1v) is 10.8. The molecule has 0 bridgehead atoms. The molecule has 0 amide bonds. The highest BCUT2D eigenvalue weighted by Crippen LogP contribution is 2.38. The van der Waals surface area contributed by atoms with Crippen LogP contribution in [0.15, 0.2) is 42.5 Å². The van der Waals surface area contributed by atoms with Crippen molar-refractivity contribution in [2.24, 2.45) is 0 Å². The number of aliphatic hydroxyl groups excluding tert-OH is 3. The standard InChI is InChI=1S/C23H27ClO9/c1-3-30-15-7-4-13(5-8-15)22(33-29)16-10-14(6-9-17(16)24)23-21(28)20(27)19(26)18(32-23)11-31-12(2)25/h4-10,18-23,26-29H,3,11H2,1-2H3/t18-,19-,20+,21-,22?,23+/m1/s1. The summed E-state index contributed by atoms with van der Waals surface area (Å²) >= 11 is 6.38. The number of ether oxygens (including phenoxy) is 3. The van der Waals surface area contributed by atoms with Gasteiger partial charge in [-0.25, -0.2) is 4.89 Å². The van der Waals surface area contributed by atoms with Gasteiger partial charge in [-0.15, -0.1) is 0 Å². The number of hydrogen-bond acceptors (Lipinski definition) is 9. The number of rotatable bonds is 8. The van der Waals surface area contributed by atoms with E-state index in [2.05, 4.69) is 0 Å². The molecule has 0 spiro atoms. The van der Waals surface area contributed by atoms with E-state index in [4.69, 9.17) is 30.7 Å². The third-order valence-corrected chi connectivity index (χ3v) is 5.74. The summed E-state index contributed by atoms with van der Waals surface area (Å²) in [5.41, 5.74) is 1.38. The van der Waals surface area contributed by atoms with Gasteiger partial charge >= 0.3 is 5.97 Å². The van der Waals surface area contributed by atoms with Crippen molar-refractivity contribution in [3.63, 3.8) is 0 Å². The first kappa shape index (κ1) is 25.4. The van der Waals surface area contributed by atoms with Crippen LogP contribution in [0.5, 0.6) is 5.75 Å². The average molecular weight is 483 g/mol. The fourth-order valence-electron chi connectivity index (χ4n) is 3.71. The largest absolute Gasteiger partial charge is 0.494 e. The van der Waals surface area contributed by atoms with Gasteiger partial charge in [0.2, 0.25) is 0 Å². The van der Waals surface area contributed by atoms with Crippen molar-refractivity contribution in [3.05, 3.63) is 64.2 Å².